The third-order valence-electron chi connectivity index (χ3n) is 2.64. The highest BCUT2D eigenvalue weighted by Gasteiger charge is 2.08. The number of rotatable bonds is 5. The van der Waals surface area contributed by atoms with Crippen molar-refractivity contribution in [1.29, 1.82) is 0 Å². The highest BCUT2D eigenvalue weighted by atomic mass is 35.5. The van der Waals surface area contributed by atoms with Crippen LogP contribution < -0.4 is 5.32 Å². The Hall–Kier alpha value is -0.870. The molecule has 0 aromatic heterocycles. The summed E-state index contributed by atoms with van der Waals surface area (Å²) in [7, 11) is 0. The predicted molar refractivity (Wildman–Crippen MR) is 91.9 cm³/mol. The fourth-order valence-corrected chi connectivity index (χ4v) is 2.93. The minimum atomic E-state index is -0.0966. The van der Waals surface area contributed by atoms with E-state index in [-0.39, 0.29) is 5.91 Å². The summed E-state index contributed by atoms with van der Waals surface area (Å²) in [6.07, 6.45) is 0.385. The van der Waals surface area contributed by atoms with E-state index >= 15 is 0 Å². The zero-order valence-electron chi connectivity index (χ0n) is 10.9. The average Bonchev–Trinajstić information content (AvgIpc) is 2.46. The van der Waals surface area contributed by atoms with Gasteiger partial charge in [-0.2, -0.15) is 0 Å². The molecule has 0 fully saturated rings. The first-order valence-electron chi connectivity index (χ1n) is 6.18. The summed E-state index contributed by atoms with van der Waals surface area (Å²) in [6, 6.07) is 12.7. The Morgan fingerprint density at radius 3 is 2.48 bits per heavy atom. The normalized spacial score (nSPS) is 10.4. The Bertz CT molecular complexity index is 631. The van der Waals surface area contributed by atoms with Crippen LogP contribution in [0.3, 0.4) is 0 Å². The smallest absolute Gasteiger partial charge is 0.225 e. The van der Waals surface area contributed by atoms with Gasteiger partial charge in [-0.15, -0.1) is 11.8 Å². The Morgan fingerprint density at radius 2 is 1.76 bits per heavy atom. The minimum Gasteiger partial charge on any atom is -0.325 e. The molecule has 21 heavy (non-hydrogen) atoms. The van der Waals surface area contributed by atoms with Gasteiger partial charge in [0.1, 0.15) is 0 Å². The number of amides is 1. The third kappa shape index (κ3) is 5.11. The van der Waals surface area contributed by atoms with Gasteiger partial charge in [0.2, 0.25) is 5.91 Å². The molecule has 0 aliphatic rings. The lowest BCUT2D eigenvalue weighted by molar-refractivity contribution is -0.115. The lowest BCUT2D eigenvalue weighted by Gasteiger charge is -2.08. The Labute approximate surface area is 142 Å². The third-order valence-corrected chi connectivity index (χ3v) is 4.72. The SMILES string of the molecule is O=C(CCSc1ccc(Cl)cc1)Nc1cccc(Cl)c1Cl. The van der Waals surface area contributed by atoms with Gasteiger partial charge < -0.3 is 5.32 Å². The molecule has 0 spiro atoms. The van der Waals surface area contributed by atoms with Crippen molar-refractivity contribution in [3.63, 3.8) is 0 Å². The standard InChI is InChI=1S/C15H12Cl3NOS/c16-10-4-6-11(7-5-10)21-9-8-14(20)19-13-3-1-2-12(17)15(13)18/h1-7H,8-9H2,(H,19,20). The highest BCUT2D eigenvalue weighted by molar-refractivity contribution is 7.99. The van der Waals surface area contributed by atoms with E-state index in [2.05, 4.69) is 5.32 Å². The number of carbonyl (C=O) groups excluding carboxylic acids is 1. The van der Waals surface area contributed by atoms with E-state index < -0.39 is 0 Å². The second-order valence-electron chi connectivity index (χ2n) is 4.20. The predicted octanol–water partition coefficient (Wildman–Crippen LogP) is 5.77. The highest BCUT2D eigenvalue weighted by Crippen LogP contribution is 2.29. The molecule has 0 bridgehead atoms. The maximum atomic E-state index is 11.9. The maximum absolute atomic E-state index is 11.9. The van der Waals surface area contributed by atoms with E-state index in [1.807, 2.05) is 24.3 Å². The second kappa shape index (κ2) is 7.95. The van der Waals surface area contributed by atoms with Crippen LogP contribution in [0.5, 0.6) is 0 Å². The zero-order valence-corrected chi connectivity index (χ0v) is 14.0. The van der Waals surface area contributed by atoms with Gasteiger partial charge in [-0.1, -0.05) is 40.9 Å². The van der Waals surface area contributed by atoms with Crippen molar-refractivity contribution in [3.05, 3.63) is 57.5 Å². The first-order valence-corrected chi connectivity index (χ1v) is 8.30. The van der Waals surface area contributed by atoms with E-state index in [0.29, 0.717) is 32.9 Å². The van der Waals surface area contributed by atoms with Gasteiger partial charge in [0, 0.05) is 22.1 Å². The van der Waals surface area contributed by atoms with Crippen LogP contribution in [0.25, 0.3) is 0 Å². The molecule has 0 aliphatic heterocycles. The van der Waals surface area contributed by atoms with Crippen molar-refractivity contribution >= 4 is 58.2 Å². The lowest BCUT2D eigenvalue weighted by Crippen LogP contribution is -2.12. The molecule has 2 aromatic rings. The molecule has 110 valence electrons. The van der Waals surface area contributed by atoms with Gasteiger partial charge in [0.05, 0.1) is 15.7 Å². The molecule has 0 unspecified atom stereocenters. The first-order chi connectivity index (χ1) is 10.1. The van der Waals surface area contributed by atoms with Gasteiger partial charge in [-0.05, 0) is 36.4 Å². The van der Waals surface area contributed by atoms with Gasteiger partial charge >= 0.3 is 0 Å². The Balaban J connectivity index is 1.82. The van der Waals surface area contributed by atoms with Crippen LogP contribution in [0.1, 0.15) is 6.42 Å². The quantitative estimate of drug-likeness (QED) is 0.686. The average molecular weight is 361 g/mol. The van der Waals surface area contributed by atoms with Crippen molar-refractivity contribution in [3.8, 4) is 0 Å². The fraction of sp³-hybridized carbons (Fsp3) is 0.133. The molecule has 1 amide bonds. The minimum absolute atomic E-state index is 0.0966. The van der Waals surface area contributed by atoms with E-state index in [1.54, 1.807) is 30.0 Å². The van der Waals surface area contributed by atoms with E-state index in [9.17, 15) is 4.79 Å². The number of anilines is 1. The van der Waals surface area contributed by atoms with Crippen molar-refractivity contribution in [2.24, 2.45) is 0 Å². The van der Waals surface area contributed by atoms with Crippen LogP contribution in [0.4, 0.5) is 5.69 Å². The van der Waals surface area contributed by atoms with Crippen LogP contribution in [0.2, 0.25) is 15.1 Å². The van der Waals surface area contributed by atoms with Crippen LogP contribution in [0, 0.1) is 0 Å². The fourth-order valence-electron chi connectivity index (χ4n) is 1.61. The van der Waals surface area contributed by atoms with Crippen molar-refractivity contribution in [1.82, 2.24) is 0 Å². The molecule has 0 saturated carbocycles. The Kier molecular flexibility index (Phi) is 6.24. The summed E-state index contributed by atoms with van der Waals surface area (Å²) >= 11 is 19.3. The molecule has 1 N–H and O–H groups in total. The van der Waals surface area contributed by atoms with Crippen LogP contribution >= 0.6 is 46.6 Å². The zero-order chi connectivity index (χ0) is 15.2. The van der Waals surface area contributed by atoms with E-state index in [0.717, 1.165) is 4.90 Å². The number of hydrogen-bond acceptors (Lipinski definition) is 2. The van der Waals surface area contributed by atoms with Crippen molar-refractivity contribution in [2.45, 2.75) is 11.3 Å². The van der Waals surface area contributed by atoms with Gasteiger partial charge in [-0.3, -0.25) is 4.79 Å². The van der Waals surface area contributed by atoms with Gasteiger partial charge in [0.25, 0.3) is 0 Å². The maximum Gasteiger partial charge on any atom is 0.225 e. The topological polar surface area (TPSA) is 29.1 Å². The van der Waals surface area contributed by atoms with Gasteiger partial charge in [-0.25, -0.2) is 0 Å². The molecule has 0 radical (unpaired) electrons. The number of halogens is 3. The number of hydrogen-bond donors (Lipinski definition) is 1. The summed E-state index contributed by atoms with van der Waals surface area (Å²) in [4.78, 5) is 12.9. The summed E-state index contributed by atoms with van der Waals surface area (Å²) in [5.74, 6) is 0.576. The Morgan fingerprint density at radius 1 is 1.05 bits per heavy atom. The number of thioether (sulfide) groups is 1. The number of carbonyl (C=O) groups is 1. The van der Waals surface area contributed by atoms with E-state index in [4.69, 9.17) is 34.8 Å². The molecular weight excluding hydrogens is 349 g/mol. The molecule has 2 nitrogen and oxygen atoms in total. The molecule has 0 saturated heterocycles. The van der Waals surface area contributed by atoms with Crippen molar-refractivity contribution in [2.75, 3.05) is 11.1 Å². The van der Waals surface area contributed by atoms with E-state index in [1.165, 1.54) is 0 Å². The van der Waals surface area contributed by atoms with Crippen LogP contribution in [-0.4, -0.2) is 11.7 Å². The second-order valence-corrected chi connectivity index (χ2v) is 6.59. The lowest BCUT2D eigenvalue weighted by atomic mass is 10.3. The monoisotopic (exact) mass is 359 g/mol. The molecule has 0 aliphatic carbocycles. The molecule has 6 heteroatoms. The first kappa shape index (κ1) is 16.5. The van der Waals surface area contributed by atoms with Gasteiger partial charge in [0.15, 0.2) is 0 Å². The molecule has 0 atom stereocenters. The molecule has 0 heterocycles. The summed E-state index contributed by atoms with van der Waals surface area (Å²) in [6.45, 7) is 0. The summed E-state index contributed by atoms with van der Waals surface area (Å²) < 4.78 is 0. The summed E-state index contributed by atoms with van der Waals surface area (Å²) in [5.41, 5.74) is 0.533. The largest absolute Gasteiger partial charge is 0.325 e. The molecule has 2 rings (SSSR count). The molecule has 2 aromatic carbocycles. The van der Waals surface area contributed by atoms with Crippen LogP contribution in [-0.2, 0) is 4.79 Å². The van der Waals surface area contributed by atoms with Crippen LogP contribution in [0.15, 0.2) is 47.4 Å². The molecular formula is C15H12Cl3NOS. The summed E-state index contributed by atoms with van der Waals surface area (Å²) in [5, 5.41) is 4.24. The van der Waals surface area contributed by atoms with Crippen molar-refractivity contribution < 1.29 is 4.79 Å². The number of benzene rings is 2. The number of nitrogens with one attached hydrogen (secondary N) is 1.